The molecule has 0 unspecified atom stereocenters. The zero-order chi connectivity index (χ0) is 28.6. The van der Waals surface area contributed by atoms with Gasteiger partial charge in [-0.25, -0.2) is 19.9 Å². The largest absolute Gasteiger partial charge is 0.394 e. The van der Waals surface area contributed by atoms with Gasteiger partial charge in [-0.05, 0) is 12.1 Å². The Labute approximate surface area is 226 Å². The van der Waals surface area contributed by atoms with Crippen LogP contribution in [0.3, 0.4) is 0 Å². The molecule has 0 radical (unpaired) electrons. The zero-order valence-corrected chi connectivity index (χ0v) is 21.8. The number of aliphatic hydroxyl groups is 3. The third-order valence-electron chi connectivity index (χ3n) is 6.48. The minimum atomic E-state index is -4.29. The van der Waals surface area contributed by atoms with Crippen LogP contribution in [-0.2, 0) is 18.8 Å². The molecule has 2 saturated heterocycles. The van der Waals surface area contributed by atoms with E-state index in [9.17, 15) is 14.8 Å². The first-order chi connectivity index (χ1) is 19.1. The zero-order valence-electron chi connectivity index (χ0n) is 20.9. The molecule has 0 spiro atoms. The smallest absolute Gasteiger partial charge is 0.351 e. The van der Waals surface area contributed by atoms with Crippen molar-refractivity contribution >= 4 is 41.3 Å². The van der Waals surface area contributed by atoms with Gasteiger partial charge in [0.1, 0.15) is 47.8 Å². The second kappa shape index (κ2) is 11.3. The Bertz CT molecular complexity index is 1530. The highest BCUT2D eigenvalue weighted by atomic mass is 31.2. The fraction of sp³-hybridized carbons (Fsp3) is 0.455. The summed E-state index contributed by atoms with van der Waals surface area (Å²) in [6, 6.07) is 3.48. The monoisotopic (exact) mass is 580 g/mol. The number of ether oxygens (including phenoxy) is 3. The maximum absolute atomic E-state index is 10.8. The SMILES string of the molecule is Nc1ncnc2c1ccn2[C@@H]1O[C@H](CO)C[C@@H]1O.Nc1ncnc2c1ccn2[C@@H]1O[C@H](OCP(=O)(O)O)C[C@@H]1O. The second-order valence-electron chi connectivity index (χ2n) is 9.29. The number of anilines is 2. The van der Waals surface area contributed by atoms with E-state index in [0.717, 1.165) is 5.39 Å². The standard InChI is InChI=1S/C11H15N4O6P.C11H14N4O3/c12-9-6-1-2-15(10(6)14-4-13-9)11-7(16)3-8(21-11)20-5-22(17,18)19;12-9-7-1-2-15(10(7)14-5-13-9)11-8(17)3-6(4-16)18-11/h1-2,4,7-8,11,16H,3,5H2,(H2,12,13,14)(H2,17,18,19);1-2,5-6,8,11,16-17H,3-4H2,(H2,12,13,14)/t7-,8-,11+;6-,8-,11+/m00/s1. The number of hydrogen-bond acceptors (Lipinski definition) is 13. The van der Waals surface area contributed by atoms with E-state index in [1.165, 1.54) is 12.7 Å². The minimum Gasteiger partial charge on any atom is -0.394 e. The Hall–Kier alpha value is -3.25. The lowest BCUT2D eigenvalue weighted by molar-refractivity contribution is -0.145. The van der Waals surface area contributed by atoms with Gasteiger partial charge in [-0.2, -0.15) is 0 Å². The predicted octanol–water partition coefficient (Wildman–Crippen LogP) is -0.575. The van der Waals surface area contributed by atoms with Crippen molar-refractivity contribution in [3.05, 3.63) is 37.2 Å². The highest BCUT2D eigenvalue weighted by Gasteiger charge is 2.38. The third-order valence-corrected chi connectivity index (χ3v) is 6.97. The van der Waals surface area contributed by atoms with E-state index in [1.54, 1.807) is 33.7 Å². The molecule has 6 rings (SSSR count). The average Bonchev–Trinajstić information content (AvgIpc) is 3.68. The van der Waals surface area contributed by atoms with Crippen LogP contribution in [0.1, 0.15) is 25.3 Å². The summed E-state index contributed by atoms with van der Waals surface area (Å²) in [7, 11) is -4.29. The van der Waals surface area contributed by atoms with Crippen LogP contribution >= 0.6 is 7.60 Å². The van der Waals surface area contributed by atoms with Crippen LogP contribution in [-0.4, -0.2) is 91.7 Å². The molecule has 0 bridgehead atoms. The summed E-state index contributed by atoms with van der Waals surface area (Å²) in [4.78, 5) is 33.6. The van der Waals surface area contributed by atoms with Crippen LogP contribution in [0, 0.1) is 0 Å². The van der Waals surface area contributed by atoms with Crippen molar-refractivity contribution in [3.63, 3.8) is 0 Å². The summed E-state index contributed by atoms with van der Waals surface area (Å²) in [5, 5.41) is 30.5. The number of nitrogens with two attached hydrogens (primary N) is 2. The minimum absolute atomic E-state index is 0.0882. The Kier molecular flexibility index (Phi) is 8.01. The number of aliphatic hydroxyl groups excluding tert-OH is 3. The van der Waals surface area contributed by atoms with Gasteiger partial charge in [-0.15, -0.1) is 0 Å². The van der Waals surface area contributed by atoms with Crippen molar-refractivity contribution in [2.45, 2.75) is 49.9 Å². The fourth-order valence-electron chi connectivity index (χ4n) is 4.64. The number of nitrogen functional groups attached to an aromatic ring is 2. The van der Waals surface area contributed by atoms with Gasteiger partial charge in [0.25, 0.3) is 0 Å². The Balaban J connectivity index is 0.000000164. The maximum Gasteiger partial charge on any atom is 0.351 e. The van der Waals surface area contributed by atoms with Crippen molar-refractivity contribution in [1.29, 1.82) is 0 Å². The van der Waals surface area contributed by atoms with Crippen molar-refractivity contribution < 1.29 is 43.9 Å². The molecule has 2 fully saturated rings. The maximum atomic E-state index is 10.8. The van der Waals surface area contributed by atoms with Crippen LogP contribution in [0.15, 0.2) is 37.2 Å². The van der Waals surface area contributed by atoms with Gasteiger partial charge in [0.05, 0.1) is 23.5 Å². The fourth-order valence-corrected chi connectivity index (χ4v) is 5.00. The molecule has 4 aromatic rings. The molecule has 6 atom stereocenters. The molecule has 6 heterocycles. The van der Waals surface area contributed by atoms with E-state index in [-0.39, 0.29) is 19.1 Å². The number of fused-ring (bicyclic) bond motifs is 2. The van der Waals surface area contributed by atoms with E-state index in [2.05, 4.69) is 19.9 Å². The molecule has 17 nitrogen and oxygen atoms in total. The third kappa shape index (κ3) is 5.78. The Morgan fingerprint density at radius 3 is 1.93 bits per heavy atom. The van der Waals surface area contributed by atoms with Crippen LogP contribution in [0.5, 0.6) is 0 Å². The second-order valence-corrected chi connectivity index (χ2v) is 10.9. The molecule has 0 aliphatic carbocycles. The number of rotatable bonds is 6. The van der Waals surface area contributed by atoms with Crippen LogP contribution in [0.2, 0.25) is 0 Å². The van der Waals surface area contributed by atoms with Gasteiger partial charge in [-0.1, -0.05) is 0 Å². The molecule has 4 aromatic heterocycles. The number of nitrogens with zero attached hydrogens (tertiary/aromatic N) is 6. The molecule has 0 amide bonds. The molecule has 40 heavy (non-hydrogen) atoms. The summed E-state index contributed by atoms with van der Waals surface area (Å²) < 4.78 is 30.2. The first-order valence-corrected chi connectivity index (χ1v) is 13.9. The number of hydrogen-bond donors (Lipinski definition) is 7. The van der Waals surface area contributed by atoms with Crippen LogP contribution < -0.4 is 11.5 Å². The predicted molar refractivity (Wildman–Crippen MR) is 138 cm³/mol. The van der Waals surface area contributed by atoms with E-state index < -0.39 is 44.9 Å². The lowest BCUT2D eigenvalue weighted by Crippen LogP contribution is -2.19. The van der Waals surface area contributed by atoms with Gasteiger partial charge >= 0.3 is 7.60 Å². The normalized spacial score (nSPS) is 26.8. The van der Waals surface area contributed by atoms with Crippen molar-refractivity contribution in [2.24, 2.45) is 0 Å². The summed E-state index contributed by atoms with van der Waals surface area (Å²) in [6.45, 7) is -0.107. The van der Waals surface area contributed by atoms with Gasteiger partial charge in [0.15, 0.2) is 25.1 Å². The van der Waals surface area contributed by atoms with E-state index in [0.29, 0.717) is 34.7 Å². The molecular weight excluding hydrogens is 551 g/mol. The summed E-state index contributed by atoms with van der Waals surface area (Å²) in [5.41, 5.74) is 12.6. The molecule has 2 aliphatic heterocycles. The summed E-state index contributed by atoms with van der Waals surface area (Å²) in [6.07, 6.45) is 1.63. The average molecular weight is 580 g/mol. The molecule has 216 valence electrons. The van der Waals surface area contributed by atoms with E-state index in [1.807, 2.05) is 0 Å². The topological polar surface area (TPSA) is 259 Å². The molecular formula is C22H29N8O9P. The number of aromatic nitrogens is 6. The summed E-state index contributed by atoms with van der Waals surface area (Å²) in [5.74, 6) is 0.704. The van der Waals surface area contributed by atoms with Gasteiger partial charge < -0.3 is 59.9 Å². The quantitative estimate of drug-likeness (QED) is 0.141. The molecule has 9 N–H and O–H groups in total. The highest BCUT2D eigenvalue weighted by Crippen LogP contribution is 2.38. The van der Waals surface area contributed by atoms with Gasteiger partial charge in [-0.3, -0.25) is 4.57 Å². The van der Waals surface area contributed by atoms with Gasteiger partial charge in [0, 0.05) is 25.2 Å². The van der Waals surface area contributed by atoms with E-state index >= 15 is 0 Å². The van der Waals surface area contributed by atoms with Crippen molar-refractivity contribution in [2.75, 3.05) is 24.4 Å². The molecule has 0 aromatic carbocycles. The highest BCUT2D eigenvalue weighted by molar-refractivity contribution is 7.51. The Morgan fingerprint density at radius 2 is 1.43 bits per heavy atom. The van der Waals surface area contributed by atoms with Gasteiger partial charge in [0.2, 0.25) is 0 Å². The van der Waals surface area contributed by atoms with Crippen LogP contribution in [0.25, 0.3) is 22.1 Å². The lowest BCUT2D eigenvalue weighted by atomic mass is 10.2. The molecule has 18 heteroatoms. The molecule has 2 aliphatic rings. The summed E-state index contributed by atoms with van der Waals surface area (Å²) >= 11 is 0. The first-order valence-electron chi connectivity index (χ1n) is 12.1. The Morgan fingerprint density at radius 1 is 0.900 bits per heavy atom. The molecule has 0 saturated carbocycles. The first kappa shape index (κ1) is 28.3. The van der Waals surface area contributed by atoms with Crippen molar-refractivity contribution in [3.8, 4) is 0 Å². The lowest BCUT2D eigenvalue weighted by Gasteiger charge is -2.17. The van der Waals surface area contributed by atoms with Crippen molar-refractivity contribution in [1.82, 2.24) is 29.1 Å². The van der Waals surface area contributed by atoms with E-state index in [4.69, 9.17) is 40.6 Å². The van der Waals surface area contributed by atoms with Crippen LogP contribution in [0.4, 0.5) is 11.6 Å².